The standard InChI is InChI=1S/C18H25NO2/c1-2-21-17-12-8-7-9-15(17)13-14-18(20)19-16-10-5-3-4-6-11-16/h7-9,12-14,16H,2-6,10-11H2,1H3,(H,19,20)/b14-13+. The fourth-order valence-electron chi connectivity index (χ4n) is 2.74. The van der Waals surface area contributed by atoms with Gasteiger partial charge in [0.25, 0.3) is 0 Å². The van der Waals surface area contributed by atoms with E-state index in [4.69, 9.17) is 4.74 Å². The third-order valence-corrected chi connectivity index (χ3v) is 3.83. The van der Waals surface area contributed by atoms with Crippen molar-refractivity contribution in [2.24, 2.45) is 0 Å². The van der Waals surface area contributed by atoms with Crippen LogP contribution in [0.15, 0.2) is 30.3 Å². The molecule has 1 amide bonds. The number of hydrogen-bond donors (Lipinski definition) is 1. The van der Waals surface area contributed by atoms with E-state index in [-0.39, 0.29) is 5.91 Å². The van der Waals surface area contributed by atoms with Crippen LogP contribution in [0, 0.1) is 0 Å². The molecule has 1 N–H and O–H groups in total. The monoisotopic (exact) mass is 287 g/mol. The number of para-hydroxylation sites is 1. The average Bonchev–Trinajstić information content (AvgIpc) is 2.75. The van der Waals surface area contributed by atoms with Crippen LogP contribution in [0.5, 0.6) is 5.75 Å². The van der Waals surface area contributed by atoms with E-state index in [9.17, 15) is 4.79 Å². The van der Waals surface area contributed by atoms with Crippen LogP contribution in [0.25, 0.3) is 6.08 Å². The maximum absolute atomic E-state index is 12.0. The van der Waals surface area contributed by atoms with Crippen LogP contribution in [-0.4, -0.2) is 18.6 Å². The van der Waals surface area contributed by atoms with Gasteiger partial charge < -0.3 is 10.1 Å². The molecule has 21 heavy (non-hydrogen) atoms. The van der Waals surface area contributed by atoms with E-state index in [0.717, 1.165) is 24.2 Å². The van der Waals surface area contributed by atoms with Crippen LogP contribution in [0.1, 0.15) is 51.0 Å². The van der Waals surface area contributed by atoms with Gasteiger partial charge in [-0.05, 0) is 31.9 Å². The van der Waals surface area contributed by atoms with Gasteiger partial charge in [0.15, 0.2) is 0 Å². The van der Waals surface area contributed by atoms with Crippen molar-refractivity contribution in [1.29, 1.82) is 0 Å². The molecular formula is C18H25NO2. The number of hydrogen-bond acceptors (Lipinski definition) is 2. The predicted octanol–water partition coefficient (Wildman–Crippen LogP) is 3.94. The Morgan fingerprint density at radius 1 is 1.24 bits per heavy atom. The van der Waals surface area contributed by atoms with E-state index in [1.165, 1.54) is 25.7 Å². The molecule has 0 radical (unpaired) electrons. The van der Waals surface area contributed by atoms with E-state index >= 15 is 0 Å². The molecule has 1 aromatic carbocycles. The molecule has 114 valence electrons. The summed E-state index contributed by atoms with van der Waals surface area (Å²) in [7, 11) is 0. The van der Waals surface area contributed by atoms with Crippen LogP contribution in [0.3, 0.4) is 0 Å². The summed E-state index contributed by atoms with van der Waals surface area (Å²) in [6.07, 6.45) is 10.7. The van der Waals surface area contributed by atoms with Gasteiger partial charge in [-0.25, -0.2) is 0 Å². The predicted molar refractivity (Wildman–Crippen MR) is 86.3 cm³/mol. The van der Waals surface area contributed by atoms with Gasteiger partial charge in [0, 0.05) is 17.7 Å². The fraction of sp³-hybridized carbons (Fsp3) is 0.500. The third kappa shape index (κ3) is 5.25. The Morgan fingerprint density at radius 3 is 2.67 bits per heavy atom. The number of benzene rings is 1. The summed E-state index contributed by atoms with van der Waals surface area (Å²) in [6.45, 7) is 2.58. The molecule has 0 saturated heterocycles. The first-order chi connectivity index (χ1) is 10.3. The minimum atomic E-state index is -0.00629. The summed E-state index contributed by atoms with van der Waals surface area (Å²) in [4.78, 5) is 12.0. The molecular weight excluding hydrogens is 262 g/mol. The molecule has 1 aliphatic rings. The molecule has 3 heteroatoms. The van der Waals surface area contributed by atoms with Crippen molar-refractivity contribution in [3.8, 4) is 5.75 Å². The van der Waals surface area contributed by atoms with Crippen molar-refractivity contribution in [2.75, 3.05) is 6.61 Å². The average molecular weight is 287 g/mol. The molecule has 0 atom stereocenters. The Hall–Kier alpha value is -1.77. The molecule has 0 bridgehead atoms. The van der Waals surface area contributed by atoms with Crippen LogP contribution >= 0.6 is 0 Å². The molecule has 0 spiro atoms. The van der Waals surface area contributed by atoms with Gasteiger partial charge in [0.2, 0.25) is 5.91 Å². The van der Waals surface area contributed by atoms with E-state index in [2.05, 4.69) is 5.32 Å². The number of rotatable bonds is 5. The molecule has 3 nitrogen and oxygen atoms in total. The van der Waals surface area contributed by atoms with Crippen molar-refractivity contribution in [3.05, 3.63) is 35.9 Å². The zero-order valence-corrected chi connectivity index (χ0v) is 12.8. The van der Waals surface area contributed by atoms with Gasteiger partial charge in [-0.2, -0.15) is 0 Å². The van der Waals surface area contributed by atoms with Crippen molar-refractivity contribution in [2.45, 2.75) is 51.5 Å². The Bertz CT molecular complexity index is 474. The highest BCUT2D eigenvalue weighted by molar-refractivity contribution is 5.92. The van der Waals surface area contributed by atoms with Crippen LogP contribution in [0.4, 0.5) is 0 Å². The van der Waals surface area contributed by atoms with Gasteiger partial charge in [-0.1, -0.05) is 43.9 Å². The van der Waals surface area contributed by atoms with E-state index in [1.807, 2.05) is 37.3 Å². The van der Waals surface area contributed by atoms with Crippen molar-refractivity contribution >= 4 is 12.0 Å². The molecule has 1 fully saturated rings. The molecule has 0 aromatic heterocycles. The van der Waals surface area contributed by atoms with Crippen molar-refractivity contribution < 1.29 is 9.53 Å². The number of carbonyl (C=O) groups excluding carboxylic acids is 1. The van der Waals surface area contributed by atoms with Crippen molar-refractivity contribution in [1.82, 2.24) is 5.32 Å². The van der Waals surface area contributed by atoms with Gasteiger partial charge in [-0.3, -0.25) is 4.79 Å². The number of ether oxygens (including phenoxy) is 1. The number of carbonyl (C=O) groups is 1. The minimum Gasteiger partial charge on any atom is -0.493 e. The lowest BCUT2D eigenvalue weighted by molar-refractivity contribution is -0.117. The Kier molecular flexibility index (Phi) is 6.32. The van der Waals surface area contributed by atoms with Gasteiger partial charge in [0.05, 0.1) is 6.61 Å². The summed E-state index contributed by atoms with van der Waals surface area (Å²) >= 11 is 0. The molecule has 1 aromatic rings. The Morgan fingerprint density at radius 2 is 1.95 bits per heavy atom. The second-order valence-corrected chi connectivity index (χ2v) is 5.50. The molecule has 0 heterocycles. The second kappa shape index (κ2) is 8.50. The zero-order valence-electron chi connectivity index (χ0n) is 12.8. The quantitative estimate of drug-likeness (QED) is 0.658. The van der Waals surface area contributed by atoms with E-state index in [0.29, 0.717) is 12.6 Å². The SMILES string of the molecule is CCOc1ccccc1/C=C/C(=O)NC1CCCCCC1. The molecule has 0 unspecified atom stereocenters. The maximum atomic E-state index is 12.0. The van der Waals surface area contributed by atoms with Crippen LogP contribution in [0.2, 0.25) is 0 Å². The third-order valence-electron chi connectivity index (χ3n) is 3.83. The van der Waals surface area contributed by atoms with Crippen LogP contribution in [-0.2, 0) is 4.79 Å². The first-order valence-electron chi connectivity index (χ1n) is 8.00. The van der Waals surface area contributed by atoms with E-state index < -0.39 is 0 Å². The Balaban J connectivity index is 1.92. The topological polar surface area (TPSA) is 38.3 Å². The Labute approximate surface area is 127 Å². The highest BCUT2D eigenvalue weighted by Gasteiger charge is 2.13. The highest BCUT2D eigenvalue weighted by atomic mass is 16.5. The fourth-order valence-corrected chi connectivity index (χ4v) is 2.74. The lowest BCUT2D eigenvalue weighted by atomic mass is 10.1. The number of nitrogens with one attached hydrogen (secondary N) is 1. The van der Waals surface area contributed by atoms with Gasteiger partial charge in [0.1, 0.15) is 5.75 Å². The normalized spacial score (nSPS) is 16.6. The maximum Gasteiger partial charge on any atom is 0.244 e. The summed E-state index contributed by atoms with van der Waals surface area (Å²) < 4.78 is 5.55. The van der Waals surface area contributed by atoms with Crippen molar-refractivity contribution in [3.63, 3.8) is 0 Å². The highest BCUT2D eigenvalue weighted by Crippen LogP contribution is 2.20. The first-order valence-corrected chi connectivity index (χ1v) is 8.00. The molecule has 2 rings (SSSR count). The first kappa shape index (κ1) is 15.6. The molecule has 1 saturated carbocycles. The van der Waals surface area contributed by atoms with E-state index in [1.54, 1.807) is 6.08 Å². The lowest BCUT2D eigenvalue weighted by Crippen LogP contribution is -2.33. The number of amides is 1. The minimum absolute atomic E-state index is 0.00629. The molecule has 0 aliphatic heterocycles. The summed E-state index contributed by atoms with van der Waals surface area (Å²) in [5.74, 6) is 0.812. The molecule has 1 aliphatic carbocycles. The summed E-state index contributed by atoms with van der Waals surface area (Å²) in [5.41, 5.74) is 0.940. The van der Waals surface area contributed by atoms with Crippen LogP contribution < -0.4 is 10.1 Å². The lowest BCUT2D eigenvalue weighted by Gasteiger charge is -2.14. The zero-order chi connectivity index (χ0) is 14.9. The van der Waals surface area contributed by atoms with Gasteiger partial charge >= 0.3 is 0 Å². The van der Waals surface area contributed by atoms with Gasteiger partial charge in [-0.15, -0.1) is 0 Å². The summed E-state index contributed by atoms with van der Waals surface area (Å²) in [5, 5.41) is 3.11. The second-order valence-electron chi connectivity index (χ2n) is 5.50. The summed E-state index contributed by atoms with van der Waals surface area (Å²) in [6, 6.07) is 8.11. The largest absolute Gasteiger partial charge is 0.493 e. The smallest absolute Gasteiger partial charge is 0.244 e.